The molecule has 0 saturated carbocycles. The number of aryl methyl sites for hydroxylation is 3. The van der Waals surface area contributed by atoms with E-state index in [2.05, 4.69) is 23.8 Å². The zero-order chi connectivity index (χ0) is 19.3. The monoisotopic (exact) mass is 397 g/mol. The van der Waals surface area contributed by atoms with Gasteiger partial charge in [-0.3, -0.25) is 9.59 Å². The summed E-state index contributed by atoms with van der Waals surface area (Å²) < 4.78 is 0. The summed E-state index contributed by atoms with van der Waals surface area (Å²) in [5.41, 5.74) is 3.64. The summed E-state index contributed by atoms with van der Waals surface area (Å²) in [7, 11) is 1.76. The van der Waals surface area contributed by atoms with E-state index in [4.69, 9.17) is 0 Å². The third-order valence-electron chi connectivity index (χ3n) is 4.93. The van der Waals surface area contributed by atoms with Crippen LogP contribution in [0.1, 0.15) is 32.2 Å². The van der Waals surface area contributed by atoms with Crippen molar-refractivity contribution in [2.24, 2.45) is 0 Å². The molecule has 0 spiro atoms. The second kappa shape index (κ2) is 6.73. The van der Waals surface area contributed by atoms with Crippen LogP contribution < -0.4 is 4.90 Å². The van der Waals surface area contributed by atoms with E-state index in [1.807, 2.05) is 19.1 Å². The molecular formula is C20H19N3O2S2. The number of rotatable bonds is 4. The predicted octanol–water partition coefficient (Wildman–Crippen LogP) is 4.11. The number of aromatic nitrogens is 2. The van der Waals surface area contributed by atoms with Crippen molar-refractivity contribution in [1.82, 2.24) is 9.97 Å². The summed E-state index contributed by atoms with van der Waals surface area (Å²) in [5, 5.41) is 1.92. The average Bonchev–Trinajstić information content (AvgIpc) is 3.08. The third-order valence-corrected chi connectivity index (χ3v) is 7.00. The van der Waals surface area contributed by atoms with Crippen LogP contribution in [0.3, 0.4) is 0 Å². The Bertz CT molecular complexity index is 1100. The molecule has 3 aromatic rings. The standard InChI is InChI=1S/C20H19N3O2S2/c1-10-11(2)27-20-18(10)19(21-12(3)22-20)26-9-16(24)13-5-6-15-14(7-13)8-17(25)23(15)4/h5-7H,8-9H2,1-4H3. The summed E-state index contributed by atoms with van der Waals surface area (Å²) in [4.78, 5) is 37.5. The number of carbonyl (C=O) groups excluding carboxylic acids is 2. The number of fused-ring (bicyclic) bond motifs is 2. The van der Waals surface area contributed by atoms with Gasteiger partial charge in [0.05, 0.1) is 12.2 Å². The molecule has 2 aromatic heterocycles. The van der Waals surface area contributed by atoms with E-state index < -0.39 is 0 Å². The molecule has 0 aliphatic carbocycles. The van der Waals surface area contributed by atoms with Crippen LogP contribution in [0.25, 0.3) is 10.2 Å². The van der Waals surface area contributed by atoms with Crippen molar-refractivity contribution in [3.05, 3.63) is 45.6 Å². The molecule has 0 N–H and O–H groups in total. The SMILES string of the molecule is Cc1nc(SCC(=O)c2ccc3c(c2)CC(=O)N3C)c2c(C)c(C)sc2n1. The summed E-state index contributed by atoms with van der Waals surface area (Å²) in [6, 6.07) is 5.51. The summed E-state index contributed by atoms with van der Waals surface area (Å²) >= 11 is 3.12. The molecule has 27 heavy (non-hydrogen) atoms. The Balaban J connectivity index is 1.58. The highest BCUT2D eigenvalue weighted by Gasteiger charge is 2.25. The van der Waals surface area contributed by atoms with Gasteiger partial charge in [0, 0.05) is 28.6 Å². The van der Waals surface area contributed by atoms with Crippen LogP contribution in [-0.2, 0) is 11.2 Å². The Hall–Kier alpha value is -2.25. The molecule has 0 radical (unpaired) electrons. The molecule has 7 heteroatoms. The van der Waals surface area contributed by atoms with Crippen LogP contribution in [0.5, 0.6) is 0 Å². The van der Waals surface area contributed by atoms with Gasteiger partial charge in [-0.2, -0.15) is 0 Å². The van der Waals surface area contributed by atoms with Gasteiger partial charge < -0.3 is 4.90 Å². The van der Waals surface area contributed by atoms with Crippen molar-refractivity contribution in [2.45, 2.75) is 32.2 Å². The highest BCUT2D eigenvalue weighted by atomic mass is 32.2. The smallest absolute Gasteiger partial charge is 0.231 e. The van der Waals surface area contributed by atoms with E-state index in [0.29, 0.717) is 17.7 Å². The first-order valence-electron chi connectivity index (χ1n) is 8.65. The van der Waals surface area contributed by atoms with Gasteiger partial charge in [-0.25, -0.2) is 9.97 Å². The Morgan fingerprint density at radius 1 is 1.26 bits per heavy atom. The maximum absolute atomic E-state index is 12.7. The minimum atomic E-state index is 0.0406. The lowest BCUT2D eigenvalue weighted by molar-refractivity contribution is -0.117. The second-order valence-corrected chi connectivity index (χ2v) is 8.89. The molecule has 1 aromatic carbocycles. The number of anilines is 1. The fourth-order valence-corrected chi connectivity index (χ4v) is 5.44. The molecule has 3 heterocycles. The maximum atomic E-state index is 12.7. The van der Waals surface area contributed by atoms with Crippen molar-refractivity contribution < 1.29 is 9.59 Å². The molecule has 4 rings (SSSR count). The number of carbonyl (C=O) groups is 2. The van der Waals surface area contributed by atoms with Crippen molar-refractivity contribution in [1.29, 1.82) is 0 Å². The molecule has 1 aliphatic heterocycles. The third kappa shape index (κ3) is 3.15. The van der Waals surface area contributed by atoms with Crippen LogP contribution in [0.4, 0.5) is 5.69 Å². The van der Waals surface area contributed by atoms with Crippen LogP contribution >= 0.6 is 23.1 Å². The van der Waals surface area contributed by atoms with Crippen molar-refractivity contribution >= 4 is 50.7 Å². The van der Waals surface area contributed by atoms with Gasteiger partial charge in [0.1, 0.15) is 15.7 Å². The Morgan fingerprint density at radius 3 is 2.81 bits per heavy atom. The lowest BCUT2D eigenvalue weighted by Gasteiger charge is -2.10. The maximum Gasteiger partial charge on any atom is 0.231 e. The Labute approximate surface area is 165 Å². The zero-order valence-electron chi connectivity index (χ0n) is 15.6. The first-order chi connectivity index (χ1) is 12.8. The number of benzene rings is 1. The summed E-state index contributed by atoms with van der Waals surface area (Å²) in [5.74, 6) is 1.13. The summed E-state index contributed by atoms with van der Waals surface area (Å²) in [6.45, 7) is 6.04. The molecule has 1 aliphatic rings. The zero-order valence-corrected chi connectivity index (χ0v) is 17.3. The fraction of sp³-hybridized carbons (Fsp3) is 0.300. The lowest BCUT2D eigenvalue weighted by atomic mass is 10.1. The average molecular weight is 398 g/mol. The van der Waals surface area contributed by atoms with Gasteiger partial charge in [0.2, 0.25) is 5.91 Å². The van der Waals surface area contributed by atoms with Crippen LogP contribution in [-0.4, -0.2) is 34.5 Å². The van der Waals surface area contributed by atoms with Gasteiger partial charge >= 0.3 is 0 Å². The number of Topliss-reactive ketones (excluding diaryl/α,β-unsaturated/α-hetero) is 1. The van der Waals surface area contributed by atoms with E-state index in [1.54, 1.807) is 29.4 Å². The molecule has 5 nitrogen and oxygen atoms in total. The molecule has 0 unspecified atom stereocenters. The van der Waals surface area contributed by atoms with E-state index in [0.717, 1.165) is 32.3 Å². The topological polar surface area (TPSA) is 63.2 Å². The van der Waals surface area contributed by atoms with Crippen molar-refractivity contribution in [3.8, 4) is 0 Å². The minimum Gasteiger partial charge on any atom is -0.315 e. The van der Waals surface area contributed by atoms with Crippen LogP contribution in [0.15, 0.2) is 23.2 Å². The number of hydrogen-bond acceptors (Lipinski definition) is 6. The second-order valence-electron chi connectivity index (χ2n) is 6.72. The molecule has 0 fully saturated rings. The van der Waals surface area contributed by atoms with Gasteiger partial charge in [-0.05, 0) is 50.1 Å². The predicted molar refractivity (Wildman–Crippen MR) is 110 cm³/mol. The number of nitrogens with zero attached hydrogens (tertiary/aromatic N) is 3. The molecule has 138 valence electrons. The number of likely N-dealkylation sites (N-methyl/N-ethyl adjacent to an activating group) is 1. The fourth-order valence-electron chi connectivity index (χ4n) is 3.28. The first-order valence-corrected chi connectivity index (χ1v) is 10.4. The lowest BCUT2D eigenvalue weighted by Crippen LogP contribution is -2.20. The number of thiophene rings is 1. The van der Waals surface area contributed by atoms with Crippen LogP contribution in [0, 0.1) is 20.8 Å². The van der Waals surface area contributed by atoms with Crippen molar-refractivity contribution in [2.75, 3.05) is 17.7 Å². The van der Waals surface area contributed by atoms with E-state index in [9.17, 15) is 9.59 Å². The number of amides is 1. The summed E-state index contributed by atoms with van der Waals surface area (Å²) in [6.07, 6.45) is 0.360. The Kier molecular flexibility index (Phi) is 4.52. The molecule has 0 bridgehead atoms. The number of ketones is 1. The highest BCUT2D eigenvalue weighted by Crippen LogP contribution is 2.35. The van der Waals surface area contributed by atoms with Gasteiger partial charge in [-0.15, -0.1) is 11.3 Å². The first kappa shape index (κ1) is 18.1. The van der Waals surface area contributed by atoms with Crippen LogP contribution in [0.2, 0.25) is 0 Å². The largest absolute Gasteiger partial charge is 0.315 e. The van der Waals surface area contributed by atoms with Gasteiger partial charge in [0.15, 0.2) is 5.78 Å². The Morgan fingerprint density at radius 2 is 2.04 bits per heavy atom. The van der Waals surface area contributed by atoms with E-state index in [-0.39, 0.29) is 11.7 Å². The number of hydrogen-bond donors (Lipinski definition) is 0. The molecular weight excluding hydrogens is 378 g/mol. The normalized spacial score (nSPS) is 13.5. The highest BCUT2D eigenvalue weighted by molar-refractivity contribution is 8.00. The van der Waals surface area contributed by atoms with E-state index in [1.165, 1.54) is 22.2 Å². The van der Waals surface area contributed by atoms with Crippen molar-refractivity contribution in [3.63, 3.8) is 0 Å². The van der Waals surface area contributed by atoms with Gasteiger partial charge in [0.25, 0.3) is 0 Å². The molecule has 0 atom stereocenters. The number of thioether (sulfide) groups is 1. The molecule has 0 saturated heterocycles. The molecule has 1 amide bonds. The van der Waals surface area contributed by atoms with E-state index >= 15 is 0 Å². The quantitative estimate of drug-likeness (QED) is 0.377. The van der Waals surface area contributed by atoms with Gasteiger partial charge in [-0.1, -0.05) is 11.8 Å². The minimum absolute atomic E-state index is 0.0406.